The zero-order valence-corrected chi connectivity index (χ0v) is 11.3. The van der Waals surface area contributed by atoms with Crippen molar-refractivity contribution in [3.8, 4) is 0 Å². The normalized spacial score (nSPS) is 10.4. The summed E-state index contributed by atoms with van der Waals surface area (Å²) in [7, 11) is 0. The molecule has 3 nitrogen and oxygen atoms in total. The van der Waals surface area contributed by atoms with Gasteiger partial charge in [-0.1, -0.05) is 36.2 Å². The van der Waals surface area contributed by atoms with Crippen molar-refractivity contribution in [3.63, 3.8) is 0 Å². The second-order valence-electron chi connectivity index (χ2n) is 4.23. The Morgan fingerprint density at radius 1 is 1.17 bits per heavy atom. The first-order valence-corrected chi connectivity index (χ1v) is 6.42. The van der Waals surface area contributed by atoms with Crippen molar-refractivity contribution in [2.75, 3.05) is 5.32 Å². The van der Waals surface area contributed by atoms with E-state index in [0.717, 1.165) is 30.2 Å². The fourth-order valence-electron chi connectivity index (χ4n) is 1.65. The molecule has 0 aliphatic carbocycles. The lowest BCUT2D eigenvalue weighted by Gasteiger charge is -2.07. The monoisotopic (exact) mass is 261 g/mol. The highest BCUT2D eigenvalue weighted by molar-refractivity contribution is 6.29. The molecule has 0 spiro atoms. The molecular formula is C14H16ClN3. The molecule has 0 saturated heterocycles. The van der Waals surface area contributed by atoms with Crippen molar-refractivity contribution in [1.29, 1.82) is 0 Å². The maximum Gasteiger partial charge on any atom is 0.135 e. The summed E-state index contributed by atoms with van der Waals surface area (Å²) in [5.74, 6) is 1.52. The van der Waals surface area contributed by atoms with Gasteiger partial charge in [0.25, 0.3) is 0 Å². The summed E-state index contributed by atoms with van der Waals surface area (Å²) in [6.45, 7) is 4.15. The Labute approximate surface area is 112 Å². The lowest BCUT2D eigenvalue weighted by atomic mass is 10.2. The molecule has 0 unspecified atom stereocenters. The van der Waals surface area contributed by atoms with Crippen LogP contribution in [0, 0.1) is 6.92 Å². The molecule has 1 aromatic carbocycles. The van der Waals surface area contributed by atoms with Crippen LogP contribution in [0.15, 0.2) is 30.3 Å². The molecule has 0 bridgehead atoms. The summed E-state index contributed by atoms with van der Waals surface area (Å²) in [5.41, 5.74) is 2.23. The zero-order valence-electron chi connectivity index (χ0n) is 10.6. The van der Waals surface area contributed by atoms with E-state index in [9.17, 15) is 0 Å². The van der Waals surface area contributed by atoms with Gasteiger partial charge in [0.2, 0.25) is 0 Å². The van der Waals surface area contributed by atoms with Crippen LogP contribution in [-0.2, 0) is 6.42 Å². The van der Waals surface area contributed by atoms with Gasteiger partial charge in [0.05, 0.1) is 0 Å². The highest BCUT2D eigenvalue weighted by atomic mass is 35.5. The van der Waals surface area contributed by atoms with Crippen LogP contribution < -0.4 is 5.32 Å². The van der Waals surface area contributed by atoms with Gasteiger partial charge >= 0.3 is 0 Å². The zero-order chi connectivity index (χ0) is 13.0. The third-order valence-corrected chi connectivity index (χ3v) is 2.73. The largest absolute Gasteiger partial charge is 0.340 e. The average molecular weight is 262 g/mol. The number of nitrogens with zero attached hydrogens (tertiary/aromatic N) is 2. The van der Waals surface area contributed by atoms with Gasteiger partial charge < -0.3 is 5.32 Å². The second-order valence-corrected chi connectivity index (χ2v) is 4.62. The highest BCUT2D eigenvalue weighted by Gasteiger charge is 2.03. The Bertz CT molecular complexity index is 523. The van der Waals surface area contributed by atoms with Crippen molar-refractivity contribution >= 4 is 23.1 Å². The van der Waals surface area contributed by atoms with Crippen LogP contribution in [0.3, 0.4) is 0 Å². The van der Waals surface area contributed by atoms with E-state index in [1.54, 1.807) is 6.07 Å². The van der Waals surface area contributed by atoms with Gasteiger partial charge in [-0.3, -0.25) is 0 Å². The number of rotatable bonds is 4. The van der Waals surface area contributed by atoms with Gasteiger partial charge in [-0.15, -0.1) is 0 Å². The quantitative estimate of drug-likeness (QED) is 0.841. The third-order valence-electron chi connectivity index (χ3n) is 2.54. The molecule has 0 aliphatic heterocycles. The van der Waals surface area contributed by atoms with Crippen LogP contribution in [0.25, 0.3) is 0 Å². The Morgan fingerprint density at radius 2 is 1.89 bits per heavy atom. The lowest BCUT2D eigenvalue weighted by molar-refractivity contribution is 0.837. The molecule has 4 heteroatoms. The minimum Gasteiger partial charge on any atom is -0.340 e. The van der Waals surface area contributed by atoms with E-state index in [1.807, 2.05) is 12.1 Å². The predicted octanol–water partition coefficient (Wildman–Crippen LogP) is 4.13. The molecule has 94 valence electrons. The standard InChI is InChI=1S/C14H16ClN3/c1-3-4-13-17-12(15)9-14(18-13)16-11-7-5-10(2)6-8-11/h5-9H,3-4H2,1-2H3,(H,16,17,18). The molecule has 1 heterocycles. The lowest BCUT2D eigenvalue weighted by Crippen LogP contribution is -2.00. The molecule has 1 N–H and O–H groups in total. The van der Waals surface area contributed by atoms with Gasteiger partial charge in [0, 0.05) is 18.2 Å². The molecule has 0 aliphatic rings. The number of anilines is 2. The molecule has 0 atom stereocenters. The minimum atomic E-state index is 0.475. The van der Waals surface area contributed by atoms with Crippen molar-refractivity contribution in [2.45, 2.75) is 26.7 Å². The molecular weight excluding hydrogens is 246 g/mol. The van der Waals surface area contributed by atoms with E-state index in [2.05, 4.69) is 41.3 Å². The number of aryl methyl sites for hydroxylation is 2. The fraction of sp³-hybridized carbons (Fsp3) is 0.286. The molecule has 2 rings (SSSR count). The molecule has 0 fully saturated rings. The van der Waals surface area contributed by atoms with Crippen LogP contribution in [0.1, 0.15) is 24.7 Å². The topological polar surface area (TPSA) is 37.8 Å². The van der Waals surface area contributed by atoms with Gasteiger partial charge in [-0.05, 0) is 25.5 Å². The summed E-state index contributed by atoms with van der Waals surface area (Å²) in [4.78, 5) is 8.63. The summed E-state index contributed by atoms with van der Waals surface area (Å²) in [5, 5.41) is 3.71. The van der Waals surface area contributed by atoms with Crippen molar-refractivity contribution in [3.05, 3.63) is 46.9 Å². The Kier molecular flexibility index (Phi) is 4.15. The number of halogens is 1. The van der Waals surface area contributed by atoms with E-state index < -0.39 is 0 Å². The van der Waals surface area contributed by atoms with E-state index in [0.29, 0.717) is 5.15 Å². The Balaban J connectivity index is 2.20. The van der Waals surface area contributed by atoms with Gasteiger partial charge in [0.15, 0.2) is 0 Å². The summed E-state index contributed by atoms with van der Waals surface area (Å²) in [6, 6.07) is 9.88. The third kappa shape index (κ3) is 3.44. The molecule has 0 radical (unpaired) electrons. The van der Waals surface area contributed by atoms with Crippen LogP contribution in [0.5, 0.6) is 0 Å². The maximum atomic E-state index is 5.99. The first-order valence-electron chi connectivity index (χ1n) is 6.04. The number of aromatic nitrogens is 2. The van der Waals surface area contributed by atoms with Gasteiger partial charge in [-0.2, -0.15) is 0 Å². The van der Waals surface area contributed by atoms with Crippen LogP contribution in [-0.4, -0.2) is 9.97 Å². The molecule has 0 amide bonds. The number of benzene rings is 1. The molecule has 2 aromatic rings. The summed E-state index contributed by atoms with van der Waals surface area (Å²) >= 11 is 5.99. The SMILES string of the molecule is CCCc1nc(Cl)cc(Nc2ccc(C)cc2)n1. The van der Waals surface area contributed by atoms with Gasteiger partial charge in [0.1, 0.15) is 16.8 Å². The van der Waals surface area contributed by atoms with Crippen molar-refractivity contribution in [1.82, 2.24) is 9.97 Å². The molecule has 18 heavy (non-hydrogen) atoms. The maximum absolute atomic E-state index is 5.99. The van der Waals surface area contributed by atoms with E-state index >= 15 is 0 Å². The van der Waals surface area contributed by atoms with Gasteiger partial charge in [-0.25, -0.2) is 9.97 Å². The van der Waals surface area contributed by atoms with E-state index in [1.165, 1.54) is 5.56 Å². The first kappa shape index (κ1) is 12.8. The number of hydrogen-bond acceptors (Lipinski definition) is 3. The Morgan fingerprint density at radius 3 is 2.56 bits per heavy atom. The number of nitrogens with one attached hydrogen (secondary N) is 1. The Hall–Kier alpha value is -1.61. The van der Waals surface area contributed by atoms with Crippen LogP contribution >= 0.6 is 11.6 Å². The predicted molar refractivity (Wildman–Crippen MR) is 75.5 cm³/mol. The highest BCUT2D eigenvalue weighted by Crippen LogP contribution is 2.18. The van der Waals surface area contributed by atoms with Crippen LogP contribution in [0.4, 0.5) is 11.5 Å². The van der Waals surface area contributed by atoms with E-state index in [4.69, 9.17) is 11.6 Å². The first-order chi connectivity index (χ1) is 8.67. The second kappa shape index (κ2) is 5.83. The smallest absolute Gasteiger partial charge is 0.135 e. The van der Waals surface area contributed by atoms with E-state index in [-0.39, 0.29) is 0 Å². The molecule has 0 saturated carbocycles. The summed E-state index contributed by atoms with van der Waals surface area (Å²) in [6.07, 6.45) is 1.84. The van der Waals surface area contributed by atoms with Crippen molar-refractivity contribution < 1.29 is 0 Å². The van der Waals surface area contributed by atoms with Crippen LogP contribution in [0.2, 0.25) is 5.15 Å². The molecule has 1 aromatic heterocycles. The fourth-order valence-corrected chi connectivity index (χ4v) is 1.85. The summed E-state index contributed by atoms with van der Waals surface area (Å²) < 4.78 is 0. The number of hydrogen-bond donors (Lipinski definition) is 1. The minimum absolute atomic E-state index is 0.475. The van der Waals surface area contributed by atoms with Crippen molar-refractivity contribution in [2.24, 2.45) is 0 Å². The average Bonchev–Trinajstić information content (AvgIpc) is 2.32.